The Bertz CT molecular complexity index is 455. The van der Waals surface area contributed by atoms with Crippen molar-refractivity contribution in [2.45, 2.75) is 38.9 Å². The van der Waals surface area contributed by atoms with E-state index in [4.69, 9.17) is 16.3 Å². The summed E-state index contributed by atoms with van der Waals surface area (Å²) in [6, 6.07) is 1.20. The van der Waals surface area contributed by atoms with Gasteiger partial charge in [0, 0.05) is 45.7 Å². The summed E-state index contributed by atoms with van der Waals surface area (Å²) in [4.78, 5) is 6.36. The average molecular weight is 327 g/mol. The van der Waals surface area contributed by atoms with Crippen LogP contribution in [0.1, 0.15) is 19.8 Å². The number of allylic oxidation sites excluding steroid dienone is 2. The topological polar surface area (TPSA) is 24.8 Å². The zero-order valence-electron chi connectivity index (χ0n) is 13.7. The Kier molecular flexibility index (Phi) is 8.00. The van der Waals surface area contributed by atoms with Crippen molar-refractivity contribution in [1.82, 2.24) is 4.90 Å². The van der Waals surface area contributed by atoms with Crippen LogP contribution in [0.15, 0.2) is 40.0 Å². The first-order valence-corrected chi connectivity index (χ1v) is 11.0. The maximum absolute atomic E-state index is 6.43. The lowest BCUT2D eigenvalue weighted by molar-refractivity contribution is 0.0950. The molecular formula is C16H27ClN2OSi. The van der Waals surface area contributed by atoms with Gasteiger partial charge in [0.25, 0.3) is 0 Å². The number of hydrogen-bond acceptors (Lipinski definition) is 2. The maximum Gasteiger partial charge on any atom is 0.137 e. The molecule has 3 nitrogen and oxygen atoms in total. The smallest absolute Gasteiger partial charge is 0.137 e. The normalized spacial score (nSPS) is 19.0. The van der Waals surface area contributed by atoms with E-state index in [1.165, 1.54) is 6.04 Å². The van der Waals surface area contributed by atoms with E-state index >= 15 is 0 Å². The molecule has 0 amide bonds. The molecule has 0 saturated heterocycles. The molecule has 0 atom stereocenters. The standard InChI is InChI=1S/C16H27ClN2OSi/c1-6-13(2)11-15(17)14-7-8-19(16(14)18-3)12-20-9-10-21(4)5/h7-8,21H,2,6,9-12H2,1,3-5H3/b15-14+,18-16+. The summed E-state index contributed by atoms with van der Waals surface area (Å²) in [5, 5.41) is 0.802. The monoisotopic (exact) mass is 326 g/mol. The Balaban J connectivity index is 2.62. The van der Waals surface area contributed by atoms with Crippen LogP contribution in [-0.4, -0.2) is 39.9 Å². The van der Waals surface area contributed by atoms with Crippen LogP contribution in [0.3, 0.4) is 0 Å². The highest BCUT2D eigenvalue weighted by molar-refractivity contribution is 6.55. The first-order valence-electron chi connectivity index (χ1n) is 7.54. The summed E-state index contributed by atoms with van der Waals surface area (Å²) in [5.74, 6) is 0.880. The minimum Gasteiger partial charge on any atom is -0.361 e. The van der Waals surface area contributed by atoms with E-state index in [0.29, 0.717) is 13.2 Å². The molecule has 1 aliphatic heterocycles. The second kappa shape index (κ2) is 9.23. The molecule has 0 aromatic heterocycles. The Hall–Kier alpha value is -0.843. The Labute approximate surface area is 135 Å². The Morgan fingerprint density at radius 2 is 2.19 bits per heavy atom. The van der Waals surface area contributed by atoms with Crippen LogP contribution in [0.5, 0.6) is 0 Å². The fourth-order valence-electron chi connectivity index (χ4n) is 1.95. The lowest BCUT2D eigenvalue weighted by atomic mass is 10.1. The van der Waals surface area contributed by atoms with Gasteiger partial charge >= 0.3 is 0 Å². The number of rotatable bonds is 8. The molecule has 118 valence electrons. The molecule has 0 spiro atoms. The Morgan fingerprint density at radius 3 is 2.76 bits per heavy atom. The largest absolute Gasteiger partial charge is 0.361 e. The first-order chi connectivity index (χ1) is 9.99. The van der Waals surface area contributed by atoms with Crippen molar-refractivity contribution in [2.75, 3.05) is 20.4 Å². The predicted molar refractivity (Wildman–Crippen MR) is 95.8 cm³/mol. The van der Waals surface area contributed by atoms with E-state index < -0.39 is 8.80 Å². The molecule has 0 saturated carbocycles. The highest BCUT2D eigenvalue weighted by Crippen LogP contribution is 2.26. The zero-order valence-corrected chi connectivity index (χ0v) is 15.6. The molecule has 0 N–H and O–H groups in total. The van der Waals surface area contributed by atoms with Crippen molar-refractivity contribution >= 4 is 26.2 Å². The average Bonchev–Trinajstić information content (AvgIpc) is 2.86. The molecule has 0 bridgehead atoms. The summed E-state index contributed by atoms with van der Waals surface area (Å²) in [6.45, 7) is 12.1. The van der Waals surface area contributed by atoms with Gasteiger partial charge in [-0.25, -0.2) is 0 Å². The lowest BCUT2D eigenvalue weighted by Crippen LogP contribution is -2.26. The van der Waals surface area contributed by atoms with E-state index in [9.17, 15) is 0 Å². The minimum atomic E-state index is -0.540. The van der Waals surface area contributed by atoms with E-state index in [1.807, 2.05) is 17.2 Å². The second-order valence-corrected chi connectivity index (χ2v) is 9.47. The number of nitrogens with zero attached hydrogens (tertiary/aromatic N) is 2. The van der Waals surface area contributed by atoms with Crippen LogP contribution in [0, 0.1) is 0 Å². The number of halogens is 1. The summed E-state index contributed by atoms with van der Waals surface area (Å²) in [7, 11) is 1.25. The van der Waals surface area contributed by atoms with E-state index in [2.05, 4.69) is 31.6 Å². The molecule has 0 aliphatic carbocycles. The van der Waals surface area contributed by atoms with Crippen LogP contribution in [0.2, 0.25) is 19.1 Å². The maximum atomic E-state index is 6.43. The molecule has 1 heterocycles. The third kappa shape index (κ3) is 5.81. The fourth-order valence-corrected chi connectivity index (χ4v) is 2.93. The number of aliphatic imine (C=N–C) groups is 1. The Morgan fingerprint density at radius 1 is 1.48 bits per heavy atom. The van der Waals surface area contributed by atoms with Crippen molar-refractivity contribution < 1.29 is 4.74 Å². The van der Waals surface area contributed by atoms with Gasteiger partial charge in [-0.3, -0.25) is 4.99 Å². The highest BCUT2D eigenvalue weighted by Gasteiger charge is 2.21. The van der Waals surface area contributed by atoms with Gasteiger partial charge in [0.15, 0.2) is 0 Å². The third-order valence-electron chi connectivity index (χ3n) is 3.41. The molecule has 1 rings (SSSR count). The molecular weight excluding hydrogens is 300 g/mol. The van der Waals surface area contributed by atoms with Crippen LogP contribution >= 0.6 is 11.6 Å². The molecule has 0 fully saturated rings. The van der Waals surface area contributed by atoms with Crippen molar-refractivity contribution in [3.8, 4) is 0 Å². The molecule has 21 heavy (non-hydrogen) atoms. The SMILES string of the molecule is C=C(CC)C/C(Cl)=C1/C=CN(COCC[SiH](C)C)/C1=N/C. The van der Waals surface area contributed by atoms with E-state index in [-0.39, 0.29) is 0 Å². The van der Waals surface area contributed by atoms with Crippen molar-refractivity contribution in [3.05, 3.63) is 35.0 Å². The van der Waals surface area contributed by atoms with Crippen molar-refractivity contribution in [2.24, 2.45) is 4.99 Å². The quantitative estimate of drug-likeness (QED) is 0.380. The summed E-state index contributed by atoms with van der Waals surface area (Å²) < 4.78 is 5.74. The predicted octanol–water partition coefficient (Wildman–Crippen LogP) is 4.15. The highest BCUT2D eigenvalue weighted by atomic mass is 35.5. The zero-order chi connectivity index (χ0) is 15.8. The van der Waals surface area contributed by atoms with Gasteiger partial charge in [-0.1, -0.05) is 43.8 Å². The van der Waals surface area contributed by atoms with E-state index in [1.54, 1.807) is 7.05 Å². The van der Waals surface area contributed by atoms with Crippen molar-refractivity contribution in [1.29, 1.82) is 0 Å². The summed E-state index contributed by atoms with van der Waals surface area (Å²) in [5.41, 5.74) is 2.11. The molecule has 0 radical (unpaired) electrons. The fraction of sp³-hybridized carbons (Fsp3) is 0.562. The van der Waals surface area contributed by atoms with E-state index in [0.717, 1.165) is 35.0 Å². The van der Waals surface area contributed by atoms with Crippen LogP contribution in [0.4, 0.5) is 0 Å². The van der Waals surface area contributed by atoms with Crippen molar-refractivity contribution in [3.63, 3.8) is 0 Å². The molecule has 5 heteroatoms. The molecule has 0 unspecified atom stereocenters. The number of amidine groups is 1. The van der Waals surface area contributed by atoms with Gasteiger partial charge in [-0.2, -0.15) is 0 Å². The molecule has 0 aromatic rings. The van der Waals surface area contributed by atoms with Gasteiger partial charge in [0.1, 0.15) is 12.6 Å². The summed E-state index contributed by atoms with van der Waals surface area (Å²) >= 11 is 6.43. The van der Waals surface area contributed by atoms with Gasteiger partial charge in [0.05, 0.1) is 0 Å². The molecule has 1 aliphatic rings. The van der Waals surface area contributed by atoms with Gasteiger partial charge < -0.3 is 9.64 Å². The number of hydrogen-bond donors (Lipinski definition) is 0. The van der Waals surface area contributed by atoms with Gasteiger partial charge in [-0.15, -0.1) is 0 Å². The third-order valence-corrected chi connectivity index (χ3v) is 5.14. The first kappa shape index (κ1) is 18.2. The van der Waals surface area contributed by atoms with Gasteiger partial charge in [0.2, 0.25) is 0 Å². The van der Waals surface area contributed by atoms with Crippen LogP contribution in [0.25, 0.3) is 0 Å². The van der Waals surface area contributed by atoms with Gasteiger partial charge in [-0.05, 0) is 18.5 Å². The van der Waals surface area contributed by atoms with Crippen LogP contribution in [-0.2, 0) is 4.74 Å². The minimum absolute atomic E-state index is 0.534. The second-order valence-electron chi connectivity index (χ2n) is 5.65. The van der Waals surface area contributed by atoms with Crippen LogP contribution < -0.4 is 0 Å². The summed E-state index contributed by atoms with van der Waals surface area (Å²) in [6.07, 6.45) is 5.65. The number of ether oxygens (including phenoxy) is 1. The molecule has 0 aromatic carbocycles. The lowest BCUT2D eigenvalue weighted by Gasteiger charge is -2.18.